The van der Waals surface area contributed by atoms with Crippen LogP contribution in [0.5, 0.6) is 0 Å². The lowest BCUT2D eigenvalue weighted by molar-refractivity contribution is -0.558. The minimum atomic E-state index is -0.884. The van der Waals surface area contributed by atoms with Gasteiger partial charge in [0, 0.05) is 5.41 Å². The van der Waals surface area contributed by atoms with Crippen LogP contribution in [-0.4, -0.2) is 28.2 Å². The number of aliphatic hydroxyl groups excluding tert-OH is 1. The highest BCUT2D eigenvalue weighted by molar-refractivity contribution is 5.33. The summed E-state index contributed by atoms with van der Waals surface area (Å²) in [5, 5.41) is 10.4. The molecule has 102 valence electrons. The predicted octanol–water partition coefficient (Wildman–Crippen LogP) is 2.32. The molecule has 2 unspecified atom stereocenters. The Balaban J connectivity index is 2.23. The van der Waals surface area contributed by atoms with E-state index in [1.807, 2.05) is 20.8 Å². The summed E-state index contributed by atoms with van der Waals surface area (Å²) in [5.41, 5.74) is -0.626. The van der Waals surface area contributed by atoms with Crippen molar-refractivity contribution in [1.82, 2.24) is 0 Å². The maximum Gasteiger partial charge on any atom is 0.221 e. The van der Waals surface area contributed by atoms with Crippen LogP contribution in [0.15, 0.2) is 11.6 Å². The molecule has 0 aromatic carbocycles. The fourth-order valence-corrected chi connectivity index (χ4v) is 3.73. The average Bonchev–Trinajstić information content (AvgIpc) is 2.27. The van der Waals surface area contributed by atoms with Crippen LogP contribution in [0, 0.1) is 5.41 Å². The van der Waals surface area contributed by atoms with Crippen LogP contribution in [0.4, 0.5) is 0 Å². The van der Waals surface area contributed by atoms with Crippen molar-refractivity contribution in [3.05, 3.63) is 11.6 Å². The Bertz CT molecular complexity index is 430. The van der Waals surface area contributed by atoms with Gasteiger partial charge in [-0.15, -0.1) is 0 Å². The smallest absolute Gasteiger partial charge is 0.221 e. The Morgan fingerprint density at radius 2 is 1.89 bits per heavy atom. The van der Waals surface area contributed by atoms with Gasteiger partial charge in [-0.2, -0.15) is 4.89 Å². The second-order valence-corrected chi connectivity index (χ2v) is 6.82. The molecule has 18 heavy (non-hydrogen) atoms. The van der Waals surface area contributed by atoms with Gasteiger partial charge in [-0.25, -0.2) is 4.89 Å². The van der Waals surface area contributed by atoms with Crippen molar-refractivity contribution < 1.29 is 19.6 Å². The number of hydrogen-bond acceptors (Lipinski definition) is 4. The number of rotatable bonds is 0. The Labute approximate surface area is 108 Å². The third-order valence-corrected chi connectivity index (χ3v) is 5.30. The molecule has 3 heterocycles. The first-order valence-corrected chi connectivity index (χ1v) is 6.62. The SMILES string of the molecule is CC1=CC23OOC1(C)O[C@@]2(C)[C@H](O)CCC3(C)C. The molecule has 1 saturated heterocycles. The predicted molar refractivity (Wildman–Crippen MR) is 65.6 cm³/mol. The van der Waals surface area contributed by atoms with Crippen LogP contribution < -0.4 is 0 Å². The van der Waals surface area contributed by atoms with E-state index < -0.39 is 23.1 Å². The highest BCUT2D eigenvalue weighted by atomic mass is 17.3. The average molecular weight is 254 g/mol. The second kappa shape index (κ2) is 3.18. The lowest BCUT2D eigenvalue weighted by Crippen LogP contribution is -2.77. The Hall–Kier alpha value is -0.420. The molecule has 1 aliphatic carbocycles. The zero-order valence-electron chi connectivity index (χ0n) is 11.7. The summed E-state index contributed by atoms with van der Waals surface area (Å²) in [6, 6.07) is 0. The highest BCUT2D eigenvalue weighted by Crippen LogP contribution is 2.61. The summed E-state index contributed by atoms with van der Waals surface area (Å²) in [7, 11) is 0. The second-order valence-electron chi connectivity index (χ2n) is 6.82. The standard InChI is InChI=1S/C14H22O4/c1-9-8-14-11(2,3)7-6-10(15)12(14,4)16-13(9,5)17-18-14/h8,10,15H,6-7H2,1-5H3/t10-,12+,13?,14?/m1/s1. The van der Waals surface area contributed by atoms with Crippen molar-refractivity contribution in [2.24, 2.45) is 5.41 Å². The van der Waals surface area contributed by atoms with Crippen molar-refractivity contribution in [3.63, 3.8) is 0 Å². The summed E-state index contributed by atoms with van der Waals surface area (Å²) in [5.74, 6) is -0.884. The van der Waals surface area contributed by atoms with Gasteiger partial charge in [-0.05, 0) is 45.3 Å². The minimum Gasteiger partial charge on any atom is -0.390 e. The molecule has 0 aromatic rings. The van der Waals surface area contributed by atoms with E-state index in [1.165, 1.54) is 0 Å². The van der Waals surface area contributed by atoms with Crippen LogP contribution in [0.25, 0.3) is 0 Å². The molecule has 0 amide bonds. The van der Waals surface area contributed by atoms with Crippen molar-refractivity contribution >= 4 is 0 Å². The summed E-state index contributed by atoms with van der Waals surface area (Å²) in [6.07, 6.45) is 3.15. The fraction of sp³-hybridized carbons (Fsp3) is 0.857. The van der Waals surface area contributed by atoms with E-state index in [1.54, 1.807) is 0 Å². The van der Waals surface area contributed by atoms with E-state index >= 15 is 0 Å². The molecule has 4 atom stereocenters. The molecule has 2 bridgehead atoms. The lowest BCUT2D eigenvalue weighted by atomic mass is 9.55. The van der Waals surface area contributed by atoms with Crippen LogP contribution >= 0.6 is 0 Å². The van der Waals surface area contributed by atoms with E-state index in [4.69, 9.17) is 14.5 Å². The molecule has 4 aliphatic rings. The van der Waals surface area contributed by atoms with Crippen LogP contribution in [0.3, 0.4) is 0 Å². The summed E-state index contributed by atoms with van der Waals surface area (Å²) in [4.78, 5) is 11.3. The molecule has 2 fully saturated rings. The third-order valence-electron chi connectivity index (χ3n) is 5.30. The van der Waals surface area contributed by atoms with Gasteiger partial charge in [0.2, 0.25) is 5.79 Å². The number of ether oxygens (including phenoxy) is 1. The molecule has 4 heteroatoms. The fourth-order valence-electron chi connectivity index (χ4n) is 3.73. The Morgan fingerprint density at radius 1 is 1.22 bits per heavy atom. The van der Waals surface area contributed by atoms with E-state index in [-0.39, 0.29) is 5.41 Å². The Morgan fingerprint density at radius 3 is 2.50 bits per heavy atom. The normalized spacial score (nSPS) is 53.9. The molecule has 1 N–H and O–H groups in total. The topological polar surface area (TPSA) is 47.9 Å². The summed E-state index contributed by atoms with van der Waals surface area (Å²) in [6.45, 7) is 10.0. The van der Waals surface area contributed by atoms with Gasteiger partial charge >= 0.3 is 0 Å². The zero-order chi connectivity index (χ0) is 13.4. The van der Waals surface area contributed by atoms with Crippen LogP contribution in [-0.2, 0) is 14.5 Å². The van der Waals surface area contributed by atoms with E-state index in [0.717, 1.165) is 18.4 Å². The van der Waals surface area contributed by atoms with Crippen molar-refractivity contribution in [3.8, 4) is 0 Å². The molecule has 0 aromatic heterocycles. The van der Waals surface area contributed by atoms with Gasteiger partial charge in [0.05, 0.1) is 6.10 Å². The van der Waals surface area contributed by atoms with Gasteiger partial charge in [0.15, 0.2) is 5.60 Å². The van der Waals surface area contributed by atoms with E-state index in [0.29, 0.717) is 0 Å². The number of hydrogen-bond donors (Lipinski definition) is 1. The third kappa shape index (κ3) is 1.15. The van der Waals surface area contributed by atoms with Crippen molar-refractivity contribution in [1.29, 1.82) is 0 Å². The summed E-state index contributed by atoms with van der Waals surface area (Å²) < 4.78 is 6.15. The van der Waals surface area contributed by atoms with Gasteiger partial charge < -0.3 is 9.84 Å². The monoisotopic (exact) mass is 254 g/mol. The maximum atomic E-state index is 10.4. The minimum absolute atomic E-state index is 0.149. The molecule has 0 radical (unpaired) electrons. The molecule has 1 saturated carbocycles. The quantitative estimate of drug-likeness (QED) is 0.532. The molecular formula is C14H22O4. The van der Waals surface area contributed by atoms with Gasteiger partial charge in [-0.3, -0.25) is 0 Å². The van der Waals surface area contributed by atoms with Gasteiger partial charge in [0.25, 0.3) is 0 Å². The molecule has 4 nitrogen and oxygen atoms in total. The van der Waals surface area contributed by atoms with E-state index in [2.05, 4.69) is 19.9 Å². The maximum absolute atomic E-state index is 10.4. The molecule has 4 rings (SSSR count). The van der Waals surface area contributed by atoms with Crippen LogP contribution in [0.1, 0.15) is 47.5 Å². The summed E-state index contributed by atoms with van der Waals surface area (Å²) >= 11 is 0. The van der Waals surface area contributed by atoms with Gasteiger partial charge in [0.1, 0.15) is 5.60 Å². The molecule has 3 aliphatic heterocycles. The molecule has 1 spiro atoms. The largest absolute Gasteiger partial charge is 0.390 e. The van der Waals surface area contributed by atoms with Crippen molar-refractivity contribution in [2.75, 3.05) is 0 Å². The molecular weight excluding hydrogens is 232 g/mol. The van der Waals surface area contributed by atoms with Crippen molar-refractivity contribution in [2.45, 2.75) is 70.6 Å². The highest BCUT2D eigenvalue weighted by Gasteiger charge is 2.72. The number of aliphatic hydroxyl groups is 1. The first-order chi connectivity index (χ1) is 8.17. The first kappa shape index (κ1) is 12.6. The Kier molecular flexibility index (Phi) is 2.23. The first-order valence-electron chi connectivity index (χ1n) is 6.62. The zero-order valence-corrected chi connectivity index (χ0v) is 11.7. The van der Waals surface area contributed by atoms with Gasteiger partial charge in [-0.1, -0.05) is 13.8 Å². The number of fused-ring (bicyclic) bond motifs is 1. The van der Waals surface area contributed by atoms with E-state index in [9.17, 15) is 5.11 Å². The lowest BCUT2D eigenvalue weighted by Gasteiger charge is -2.66. The van der Waals surface area contributed by atoms with Crippen LogP contribution in [0.2, 0.25) is 0 Å².